The van der Waals surface area contributed by atoms with Crippen molar-refractivity contribution in [2.24, 2.45) is 5.10 Å². The minimum Gasteiger partial charge on any atom is -0.488 e. The molecule has 0 aliphatic heterocycles. The van der Waals surface area contributed by atoms with Crippen LogP contribution in [0.3, 0.4) is 0 Å². The minimum absolute atomic E-state index is 0.257. The molecule has 0 fully saturated rings. The van der Waals surface area contributed by atoms with Crippen LogP contribution in [0.2, 0.25) is 0 Å². The van der Waals surface area contributed by atoms with E-state index in [0.29, 0.717) is 12.4 Å². The summed E-state index contributed by atoms with van der Waals surface area (Å²) in [6.07, 6.45) is 5.30. The van der Waals surface area contributed by atoms with Crippen LogP contribution in [0.5, 0.6) is 5.75 Å². The molecule has 0 saturated heterocycles. The van der Waals surface area contributed by atoms with E-state index >= 15 is 0 Å². The SMILES string of the molecule is CCN(CC)N=C(c1ccccc1OCc1ccc(F)cc1)n1ccnc1. The fourth-order valence-electron chi connectivity index (χ4n) is 2.65. The van der Waals surface area contributed by atoms with Crippen LogP contribution < -0.4 is 4.74 Å². The average Bonchev–Trinajstić information content (AvgIpc) is 3.23. The Morgan fingerprint density at radius 1 is 1.11 bits per heavy atom. The lowest BCUT2D eigenvalue weighted by atomic mass is 10.1. The van der Waals surface area contributed by atoms with Crippen LogP contribution in [-0.4, -0.2) is 33.5 Å². The number of nitrogens with zero attached hydrogens (tertiary/aromatic N) is 4. The second-order valence-electron chi connectivity index (χ2n) is 5.94. The number of para-hydroxylation sites is 1. The normalized spacial score (nSPS) is 11.4. The first-order chi connectivity index (χ1) is 13.2. The molecule has 0 N–H and O–H groups in total. The van der Waals surface area contributed by atoms with E-state index in [1.807, 2.05) is 40.0 Å². The van der Waals surface area contributed by atoms with Crippen molar-refractivity contribution < 1.29 is 9.13 Å². The van der Waals surface area contributed by atoms with Crippen LogP contribution in [0.25, 0.3) is 0 Å². The van der Waals surface area contributed by atoms with Crippen LogP contribution in [0, 0.1) is 5.82 Å². The maximum atomic E-state index is 13.1. The van der Waals surface area contributed by atoms with E-state index in [2.05, 4.69) is 18.8 Å². The van der Waals surface area contributed by atoms with Gasteiger partial charge in [0, 0.05) is 25.5 Å². The molecule has 0 amide bonds. The van der Waals surface area contributed by atoms with Crippen molar-refractivity contribution in [1.29, 1.82) is 0 Å². The van der Waals surface area contributed by atoms with Crippen molar-refractivity contribution in [2.75, 3.05) is 13.1 Å². The number of hydrogen-bond acceptors (Lipinski definition) is 4. The number of imidazole rings is 1. The summed E-state index contributed by atoms with van der Waals surface area (Å²) in [6.45, 7) is 6.07. The van der Waals surface area contributed by atoms with Gasteiger partial charge in [0.25, 0.3) is 0 Å². The summed E-state index contributed by atoms with van der Waals surface area (Å²) in [7, 11) is 0. The summed E-state index contributed by atoms with van der Waals surface area (Å²) in [5.41, 5.74) is 1.76. The maximum Gasteiger partial charge on any atom is 0.169 e. The van der Waals surface area contributed by atoms with Crippen LogP contribution in [-0.2, 0) is 6.61 Å². The van der Waals surface area contributed by atoms with Gasteiger partial charge in [-0.1, -0.05) is 24.3 Å². The van der Waals surface area contributed by atoms with Crippen LogP contribution in [0.15, 0.2) is 72.4 Å². The van der Waals surface area contributed by atoms with Crippen molar-refractivity contribution in [2.45, 2.75) is 20.5 Å². The Kier molecular flexibility index (Phi) is 6.20. The van der Waals surface area contributed by atoms with Gasteiger partial charge in [0.15, 0.2) is 5.84 Å². The molecule has 0 atom stereocenters. The van der Waals surface area contributed by atoms with Gasteiger partial charge in [-0.15, -0.1) is 0 Å². The predicted octanol–water partition coefficient (Wildman–Crippen LogP) is 4.15. The highest BCUT2D eigenvalue weighted by atomic mass is 19.1. The lowest BCUT2D eigenvalue weighted by Crippen LogP contribution is -2.23. The van der Waals surface area contributed by atoms with Crippen molar-refractivity contribution in [3.63, 3.8) is 0 Å². The molecule has 0 unspecified atom stereocenters. The summed E-state index contributed by atoms with van der Waals surface area (Å²) in [5.74, 6) is 1.19. The molecule has 3 aromatic rings. The molecule has 0 spiro atoms. The second-order valence-corrected chi connectivity index (χ2v) is 5.94. The van der Waals surface area contributed by atoms with Gasteiger partial charge in [-0.3, -0.25) is 9.58 Å². The molecule has 2 aromatic carbocycles. The third-order valence-corrected chi connectivity index (χ3v) is 4.15. The van der Waals surface area contributed by atoms with Gasteiger partial charge in [-0.05, 0) is 43.7 Å². The first-order valence-electron chi connectivity index (χ1n) is 8.99. The van der Waals surface area contributed by atoms with Crippen LogP contribution >= 0.6 is 0 Å². The molecule has 6 heteroatoms. The van der Waals surface area contributed by atoms with E-state index in [1.165, 1.54) is 12.1 Å². The molecule has 0 aliphatic rings. The molecule has 0 saturated carbocycles. The standard InChI is InChI=1S/C21H23FN4O/c1-3-26(4-2)24-21(25-14-13-23-16-25)19-7-5-6-8-20(19)27-15-17-9-11-18(22)12-10-17/h5-14,16H,3-4,15H2,1-2H3. The van der Waals surface area contributed by atoms with Gasteiger partial charge in [0.2, 0.25) is 0 Å². The molecule has 1 heterocycles. The summed E-state index contributed by atoms with van der Waals surface area (Å²) < 4.78 is 21.0. The Balaban J connectivity index is 1.92. The Labute approximate surface area is 158 Å². The fourth-order valence-corrected chi connectivity index (χ4v) is 2.65. The van der Waals surface area contributed by atoms with Crippen LogP contribution in [0.1, 0.15) is 25.0 Å². The Morgan fingerprint density at radius 3 is 2.52 bits per heavy atom. The van der Waals surface area contributed by atoms with E-state index in [-0.39, 0.29) is 5.82 Å². The number of hydrazone groups is 1. The lowest BCUT2D eigenvalue weighted by Gasteiger charge is -2.19. The average molecular weight is 366 g/mol. The zero-order chi connectivity index (χ0) is 19.1. The highest BCUT2D eigenvalue weighted by Gasteiger charge is 2.14. The third kappa shape index (κ3) is 4.73. The van der Waals surface area contributed by atoms with E-state index in [9.17, 15) is 4.39 Å². The predicted molar refractivity (Wildman–Crippen MR) is 104 cm³/mol. The Bertz CT molecular complexity index is 871. The van der Waals surface area contributed by atoms with Gasteiger partial charge < -0.3 is 4.74 Å². The van der Waals surface area contributed by atoms with E-state index in [4.69, 9.17) is 9.84 Å². The first-order valence-corrected chi connectivity index (χ1v) is 8.99. The minimum atomic E-state index is -0.257. The van der Waals surface area contributed by atoms with Gasteiger partial charge in [-0.2, -0.15) is 5.10 Å². The smallest absolute Gasteiger partial charge is 0.169 e. The van der Waals surface area contributed by atoms with Gasteiger partial charge in [0.05, 0.1) is 5.56 Å². The highest BCUT2D eigenvalue weighted by molar-refractivity contribution is 6.02. The zero-order valence-corrected chi connectivity index (χ0v) is 15.5. The molecular weight excluding hydrogens is 343 g/mol. The molecule has 0 radical (unpaired) electrons. The van der Waals surface area contributed by atoms with Crippen molar-refractivity contribution in [1.82, 2.24) is 14.6 Å². The molecule has 0 aliphatic carbocycles. The summed E-state index contributed by atoms with van der Waals surface area (Å²) in [5, 5.41) is 6.77. The number of halogens is 1. The quantitative estimate of drug-likeness (QED) is 0.358. The van der Waals surface area contributed by atoms with Gasteiger partial charge in [0.1, 0.15) is 24.5 Å². The van der Waals surface area contributed by atoms with E-state index < -0.39 is 0 Å². The molecule has 0 bridgehead atoms. The van der Waals surface area contributed by atoms with E-state index in [0.717, 1.165) is 30.1 Å². The molecule has 1 aromatic heterocycles. The Morgan fingerprint density at radius 2 is 1.85 bits per heavy atom. The summed E-state index contributed by atoms with van der Waals surface area (Å²) in [6, 6.07) is 14.1. The number of benzene rings is 2. The highest BCUT2D eigenvalue weighted by Crippen LogP contribution is 2.22. The zero-order valence-electron chi connectivity index (χ0n) is 15.5. The van der Waals surface area contributed by atoms with Crippen molar-refractivity contribution >= 4 is 5.84 Å². The van der Waals surface area contributed by atoms with E-state index in [1.54, 1.807) is 24.7 Å². The summed E-state index contributed by atoms with van der Waals surface area (Å²) >= 11 is 0. The summed E-state index contributed by atoms with van der Waals surface area (Å²) in [4.78, 5) is 4.15. The molecule has 5 nitrogen and oxygen atoms in total. The Hall–Kier alpha value is -3.15. The number of hydrogen-bond donors (Lipinski definition) is 0. The third-order valence-electron chi connectivity index (χ3n) is 4.15. The largest absolute Gasteiger partial charge is 0.488 e. The van der Waals surface area contributed by atoms with Crippen molar-refractivity contribution in [3.05, 3.63) is 84.2 Å². The molecule has 140 valence electrons. The molecule has 27 heavy (non-hydrogen) atoms. The number of ether oxygens (including phenoxy) is 1. The number of aromatic nitrogens is 2. The monoisotopic (exact) mass is 366 g/mol. The number of rotatable bonds is 7. The molecular formula is C21H23FN4O. The van der Waals surface area contributed by atoms with Crippen molar-refractivity contribution in [3.8, 4) is 5.75 Å². The first kappa shape index (κ1) is 18.6. The van der Waals surface area contributed by atoms with Gasteiger partial charge in [-0.25, -0.2) is 9.37 Å². The van der Waals surface area contributed by atoms with Gasteiger partial charge >= 0.3 is 0 Å². The molecule has 3 rings (SSSR count). The van der Waals surface area contributed by atoms with Crippen LogP contribution in [0.4, 0.5) is 4.39 Å². The topological polar surface area (TPSA) is 42.6 Å². The second kappa shape index (κ2) is 8.98. The fraction of sp³-hybridized carbons (Fsp3) is 0.238. The maximum absolute atomic E-state index is 13.1. The lowest BCUT2D eigenvalue weighted by molar-refractivity contribution is 0.304.